The highest BCUT2D eigenvalue weighted by molar-refractivity contribution is 6.03. The Labute approximate surface area is 193 Å². The molecule has 176 valence electrons. The minimum absolute atomic E-state index is 0.103. The summed E-state index contributed by atoms with van der Waals surface area (Å²) in [5.41, 5.74) is 2.81. The normalized spacial score (nSPS) is 19.9. The zero-order valence-electron chi connectivity index (χ0n) is 19.5. The molecule has 0 unspecified atom stereocenters. The lowest BCUT2D eigenvalue weighted by atomic mass is 10.0. The van der Waals surface area contributed by atoms with Crippen LogP contribution in [0.2, 0.25) is 0 Å². The lowest BCUT2D eigenvalue weighted by Gasteiger charge is -2.33. The number of benzene rings is 1. The van der Waals surface area contributed by atoms with Crippen molar-refractivity contribution < 1.29 is 19.1 Å². The molecule has 2 amide bonds. The van der Waals surface area contributed by atoms with Crippen LogP contribution < -0.4 is 21.3 Å². The summed E-state index contributed by atoms with van der Waals surface area (Å²) in [6.07, 6.45) is 0.208. The quantitative estimate of drug-likeness (QED) is 0.548. The van der Waals surface area contributed by atoms with Gasteiger partial charge in [-0.1, -0.05) is 12.1 Å². The number of fused-ring (bicyclic) bond motifs is 1. The van der Waals surface area contributed by atoms with Gasteiger partial charge in [0.05, 0.1) is 24.3 Å². The number of pyridine rings is 1. The van der Waals surface area contributed by atoms with Crippen molar-refractivity contribution in [2.45, 2.75) is 58.3 Å². The van der Waals surface area contributed by atoms with Crippen LogP contribution >= 0.6 is 0 Å². The minimum atomic E-state index is -0.583. The molecule has 9 heteroatoms. The predicted molar refractivity (Wildman–Crippen MR) is 126 cm³/mol. The van der Waals surface area contributed by atoms with E-state index in [0.717, 1.165) is 16.8 Å². The van der Waals surface area contributed by atoms with E-state index in [9.17, 15) is 9.59 Å². The first-order valence-electron chi connectivity index (χ1n) is 11.2. The number of aromatic nitrogens is 1. The second kappa shape index (κ2) is 9.27. The number of carbonyl (C=O) groups excluding carboxylic acids is 2. The molecule has 0 bridgehead atoms. The predicted octanol–water partition coefficient (Wildman–Crippen LogP) is 3.47. The van der Waals surface area contributed by atoms with Crippen molar-refractivity contribution in [2.75, 3.05) is 23.8 Å². The third-order valence-corrected chi connectivity index (χ3v) is 5.44. The van der Waals surface area contributed by atoms with Gasteiger partial charge in [-0.3, -0.25) is 4.79 Å². The molecule has 2 aromatic rings. The molecule has 3 heterocycles. The Hall–Kier alpha value is -3.33. The summed E-state index contributed by atoms with van der Waals surface area (Å²) in [4.78, 5) is 29.5. The Morgan fingerprint density at radius 1 is 1.24 bits per heavy atom. The first-order chi connectivity index (χ1) is 15.7. The fourth-order valence-corrected chi connectivity index (χ4v) is 3.98. The van der Waals surface area contributed by atoms with Crippen LogP contribution in [-0.4, -0.2) is 47.9 Å². The Kier molecular flexibility index (Phi) is 6.42. The lowest BCUT2D eigenvalue weighted by Crippen LogP contribution is -2.53. The van der Waals surface area contributed by atoms with E-state index in [-0.39, 0.29) is 18.0 Å². The molecule has 33 heavy (non-hydrogen) atoms. The lowest BCUT2D eigenvalue weighted by molar-refractivity contribution is 0.0317. The number of anilines is 3. The van der Waals surface area contributed by atoms with E-state index in [0.29, 0.717) is 43.4 Å². The van der Waals surface area contributed by atoms with Crippen LogP contribution in [0.25, 0.3) is 0 Å². The Bertz CT molecular complexity index is 1050. The fraction of sp³-hybridized carbons (Fsp3) is 0.458. The van der Waals surface area contributed by atoms with Gasteiger partial charge in [-0.25, -0.2) is 9.78 Å². The SMILES string of the molecule is Cc1cccc(Nc2nc(N[C@@H]3CCOC[C@@H]3NC(=O)OC(C)(C)C)cc3c2C(=O)NC3)c1. The van der Waals surface area contributed by atoms with Crippen LogP contribution in [0, 0.1) is 6.92 Å². The van der Waals surface area contributed by atoms with Crippen molar-refractivity contribution in [2.24, 2.45) is 0 Å². The Morgan fingerprint density at radius 2 is 2.06 bits per heavy atom. The fourth-order valence-electron chi connectivity index (χ4n) is 3.98. The van der Waals surface area contributed by atoms with Gasteiger partial charge in [0.15, 0.2) is 0 Å². The van der Waals surface area contributed by atoms with E-state index in [1.807, 2.05) is 58.0 Å². The summed E-state index contributed by atoms with van der Waals surface area (Å²) in [6, 6.07) is 9.40. The van der Waals surface area contributed by atoms with Crippen LogP contribution in [0.15, 0.2) is 30.3 Å². The number of amides is 2. The van der Waals surface area contributed by atoms with E-state index in [1.165, 1.54) is 0 Å². The molecule has 9 nitrogen and oxygen atoms in total. The summed E-state index contributed by atoms with van der Waals surface area (Å²) >= 11 is 0. The summed E-state index contributed by atoms with van der Waals surface area (Å²) in [7, 11) is 0. The van der Waals surface area contributed by atoms with E-state index in [1.54, 1.807) is 0 Å². The van der Waals surface area contributed by atoms with Gasteiger partial charge in [0, 0.05) is 18.8 Å². The van der Waals surface area contributed by atoms with Crippen LogP contribution in [0.4, 0.5) is 22.1 Å². The molecular weight excluding hydrogens is 422 g/mol. The molecule has 1 saturated heterocycles. The Morgan fingerprint density at radius 3 is 2.82 bits per heavy atom. The standard InChI is InChI=1S/C24H31N5O4/c1-14-6-5-7-16(10-14)26-21-20-15(12-25-22(20)30)11-19(29-21)27-17-8-9-32-13-18(17)28-23(31)33-24(2,3)4/h5-7,10-11,17-18H,8-9,12-13H2,1-4H3,(H,25,30)(H,28,31)(H2,26,27,29)/t17-,18+/m1/s1. The van der Waals surface area contributed by atoms with Gasteiger partial charge in [0.25, 0.3) is 5.91 Å². The minimum Gasteiger partial charge on any atom is -0.444 e. The Balaban J connectivity index is 1.55. The highest BCUT2D eigenvalue weighted by atomic mass is 16.6. The molecule has 1 aromatic heterocycles. The summed E-state index contributed by atoms with van der Waals surface area (Å²) < 4.78 is 11.0. The van der Waals surface area contributed by atoms with E-state index in [4.69, 9.17) is 14.5 Å². The monoisotopic (exact) mass is 453 g/mol. The van der Waals surface area contributed by atoms with Crippen molar-refractivity contribution in [1.29, 1.82) is 0 Å². The number of nitrogens with one attached hydrogen (secondary N) is 4. The van der Waals surface area contributed by atoms with Crippen LogP contribution in [0.1, 0.15) is 48.7 Å². The molecule has 2 atom stereocenters. The van der Waals surface area contributed by atoms with Crippen molar-refractivity contribution in [1.82, 2.24) is 15.6 Å². The molecule has 0 saturated carbocycles. The zero-order valence-corrected chi connectivity index (χ0v) is 19.5. The highest BCUT2D eigenvalue weighted by Gasteiger charge is 2.31. The maximum Gasteiger partial charge on any atom is 0.408 e. The number of nitrogens with zero attached hydrogens (tertiary/aromatic N) is 1. The molecule has 2 aliphatic rings. The average molecular weight is 454 g/mol. The van der Waals surface area contributed by atoms with Gasteiger partial charge in [0.2, 0.25) is 0 Å². The molecule has 4 rings (SSSR count). The van der Waals surface area contributed by atoms with Gasteiger partial charge < -0.3 is 30.7 Å². The summed E-state index contributed by atoms with van der Waals surface area (Å²) in [5, 5.41) is 12.5. The van der Waals surface area contributed by atoms with Gasteiger partial charge in [-0.05, 0) is 63.4 Å². The van der Waals surface area contributed by atoms with E-state index < -0.39 is 11.7 Å². The smallest absolute Gasteiger partial charge is 0.408 e. The van der Waals surface area contributed by atoms with Gasteiger partial charge >= 0.3 is 6.09 Å². The average Bonchev–Trinajstić information content (AvgIpc) is 3.09. The van der Waals surface area contributed by atoms with Crippen LogP contribution in [0.3, 0.4) is 0 Å². The van der Waals surface area contributed by atoms with Gasteiger partial charge in [-0.15, -0.1) is 0 Å². The second-order valence-corrected chi connectivity index (χ2v) is 9.43. The van der Waals surface area contributed by atoms with E-state index in [2.05, 4.69) is 21.3 Å². The maximum atomic E-state index is 12.4. The number of alkyl carbamates (subject to hydrolysis) is 1. The first kappa shape index (κ1) is 22.8. The number of hydrogen-bond acceptors (Lipinski definition) is 7. The zero-order chi connectivity index (χ0) is 23.6. The molecule has 2 aliphatic heterocycles. The van der Waals surface area contributed by atoms with E-state index >= 15 is 0 Å². The van der Waals surface area contributed by atoms with Crippen molar-refractivity contribution >= 4 is 29.3 Å². The number of carbonyl (C=O) groups is 2. The maximum absolute atomic E-state index is 12.4. The largest absolute Gasteiger partial charge is 0.444 e. The molecule has 1 aromatic carbocycles. The topological polar surface area (TPSA) is 114 Å². The second-order valence-electron chi connectivity index (χ2n) is 9.43. The van der Waals surface area contributed by atoms with Crippen LogP contribution in [0.5, 0.6) is 0 Å². The molecule has 0 spiro atoms. The van der Waals surface area contributed by atoms with Gasteiger partial charge in [0.1, 0.15) is 17.2 Å². The summed E-state index contributed by atoms with van der Waals surface area (Å²) in [6.45, 7) is 8.88. The first-order valence-corrected chi connectivity index (χ1v) is 11.2. The number of hydrogen-bond donors (Lipinski definition) is 4. The van der Waals surface area contributed by atoms with Crippen molar-refractivity contribution in [3.8, 4) is 0 Å². The molecule has 0 radical (unpaired) electrons. The van der Waals surface area contributed by atoms with Crippen molar-refractivity contribution in [3.05, 3.63) is 47.0 Å². The molecule has 4 N–H and O–H groups in total. The molecule has 0 aliphatic carbocycles. The molecule has 1 fully saturated rings. The number of rotatable bonds is 5. The third-order valence-electron chi connectivity index (χ3n) is 5.44. The molecular formula is C24H31N5O4. The van der Waals surface area contributed by atoms with Crippen molar-refractivity contribution in [3.63, 3.8) is 0 Å². The van der Waals surface area contributed by atoms with Crippen LogP contribution in [-0.2, 0) is 16.0 Å². The summed E-state index contributed by atoms with van der Waals surface area (Å²) in [5.74, 6) is 0.984. The number of aryl methyl sites for hydroxylation is 1. The third kappa shape index (κ3) is 5.73. The highest BCUT2D eigenvalue weighted by Crippen LogP contribution is 2.29. The number of ether oxygens (including phenoxy) is 2. The van der Waals surface area contributed by atoms with Gasteiger partial charge in [-0.2, -0.15) is 0 Å².